The second-order valence-corrected chi connectivity index (χ2v) is 6.79. The third-order valence-corrected chi connectivity index (χ3v) is 4.05. The van der Waals surface area contributed by atoms with Crippen molar-refractivity contribution in [3.8, 4) is 0 Å². The van der Waals surface area contributed by atoms with E-state index in [1.807, 2.05) is 42.6 Å². The molecular weight excluding hydrogens is 306 g/mol. The molecule has 2 rings (SSSR count). The van der Waals surface area contributed by atoms with Gasteiger partial charge in [0, 0.05) is 19.3 Å². The van der Waals surface area contributed by atoms with Gasteiger partial charge in [-0.2, -0.15) is 0 Å². The molecule has 0 aliphatic rings. The van der Waals surface area contributed by atoms with E-state index in [2.05, 4.69) is 27.8 Å². The number of hydrogen-bond acceptors (Lipinski definition) is 4. The lowest BCUT2D eigenvalue weighted by molar-refractivity contribution is 0.199. The molecule has 7 heteroatoms. The molecule has 2 amide bonds. The summed E-state index contributed by atoms with van der Waals surface area (Å²) < 4.78 is 1.90. The summed E-state index contributed by atoms with van der Waals surface area (Å²) in [5.74, 6) is 0.734. The van der Waals surface area contributed by atoms with Gasteiger partial charge in [0.15, 0.2) is 11.5 Å². The number of carbonyl (C=O) groups excluding carboxylic acids is 1. The van der Waals surface area contributed by atoms with Crippen molar-refractivity contribution >= 4 is 11.7 Å². The van der Waals surface area contributed by atoms with Crippen LogP contribution in [0.25, 0.3) is 5.65 Å². The molecular formula is C17H27N5O2. The van der Waals surface area contributed by atoms with Crippen LogP contribution in [0.4, 0.5) is 4.79 Å². The van der Waals surface area contributed by atoms with E-state index >= 15 is 0 Å². The SMILES string of the molecule is CCCC(NC(=O)NCC(C)(C)CCO)c1nnc2ccccn12. The molecule has 0 aromatic carbocycles. The minimum Gasteiger partial charge on any atom is -0.396 e. The first kappa shape index (κ1) is 18.2. The standard InChI is InChI=1S/C17H27N5O2/c1-4-7-13(15-21-20-14-8-5-6-10-22(14)15)19-16(24)18-12-17(2,3)9-11-23/h5-6,8,10,13,23H,4,7,9,11-12H2,1-3H3,(H2,18,19,24). The number of hydrogen-bond donors (Lipinski definition) is 3. The number of aliphatic hydroxyl groups is 1. The molecule has 1 atom stereocenters. The van der Waals surface area contributed by atoms with E-state index in [0.717, 1.165) is 24.3 Å². The van der Waals surface area contributed by atoms with Crippen LogP contribution in [-0.2, 0) is 0 Å². The summed E-state index contributed by atoms with van der Waals surface area (Å²) in [6.45, 7) is 6.71. The van der Waals surface area contributed by atoms with Crippen molar-refractivity contribution in [2.24, 2.45) is 5.41 Å². The van der Waals surface area contributed by atoms with Crippen LogP contribution in [0.3, 0.4) is 0 Å². The van der Waals surface area contributed by atoms with Crippen molar-refractivity contribution < 1.29 is 9.90 Å². The summed E-state index contributed by atoms with van der Waals surface area (Å²) in [6, 6.07) is 5.28. The number of nitrogens with one attached hydrogen (secondary N) is 2. The van der Waals surface area contributed by atoms with E-state index in [-0.39, 0.29) is 24.1 Å². The van der Waals surface area contributed by atoms with Gasteiger partial charge in [-0.25, -0.2) is 4.79 Å². The van der Waals surface area contributed by atoms with Crippen LogP contribution in [0.1, 0.15) is 51.9 Å². The second-order valence-electron chi connectivity index (χ2n) is 6.79. The van der Waals surface area contributed by atoms with Crippen LogP contribution < -0.4 is 10.6 Å². The van der Waals surface area contributed by atoms with Gasteiger partial charge in [0.1, 0.15) is 0 Å². The Morgan fingerprint density at radius 3 is 2.88 bits per heavy atom. The fraction of sp³-hybridized carbons (Fsp3) is 0.588. The fourth-order valence-corrected chi connectivity index (χ4v) is 2.57. The molecule has 0 aliphatic carbocycles. The van der Waals surface area contributed by atoms with Gasteiger partial charge >= 0.3 is 6.03 Å². The molecule has 0 spiro atoms. The Morgan fingerprint density at radius 2 is 2.17 bits per heavy atom. The molecule has 24 heavy (non-hydrogen) atoms. The van der Waals surface area contributed by atoms with E-state index in [1.165, 1.54) is 0 Å². The average Bonchev–Trinajstić information content (AvgIpc) is 2.97. The molecule has 7 nitrogen and oxygen atoms in total. The number of carbonyl (C=O) groups is 1. The zero-order chi connectivity index (χ0) is 17.6. The molecule has 2 aromatic rings. The molecule has 0 saturated heterocycles. The summed E-state index contributed by atoms with van der Waals surface area (Å²) >= 11 is 0. The molecule has 2 aromatic heterocycles. The van der Waals surface area contributed by atoms with Gasteiger partial charge in [-0.3, -0.25) is 4.40 Å². The van der Waals surface area contributed by atoms with Crippen LogP contribution >= 0.6 is 0 Å². The van der Waals surface area contributed by atoms with Gasteiger partial charge in [0.2, 0.25) is 0 Å². The molecule has 0 bridgehead atoms. The van der Waals surface area contributed by atoms with Crippen molar-refractivity contribution in [2.75, 3.05) is 13.2 Å². The van der Waals surface area contributed by atoms with E-state index in [4.69, 9.17) is 5.11 Å². The van der Waals surface area contributed by atoms with Crippen LogP contribution in [0.5, 0.6) is 0 Å². The Kier molecular flexibility index (Phi) is 6.14. The fourth-order valence-electron chi connectivity index (χ4n) is 2.57. The first-order chi connectivity index (χ1) is 11.5. The van der Waals surface area contributed by atoms with Gasteiger partial charge in [0.25, 0.3) is 0 Å². The molecule has 0 saturated carbocycles. The number of nitrogens with zero attached hydrogens (tertiary/aromatic N) is 3. The highest BCUT2D eigenvalue weighted by molar-refractivity contribution is 5.74. The van der Waals surface area contributed by atoms with Crippen LogP contribution in [-0.4, -0.2) is 38.9 Å². The molecule has 0 aliphatic heterocycles. The monoisotopic (exact) mass is 333 g/mol. The van der Waals surface area contributed by atoms with Crippen molar-refractivity contribution in [3.63, 3.8) is 0 Å². The highest BCUT2D eigenvalue weighted by atomic mass is 16.3. The largest absolute Gasteiger partial charge is 0.396 e. The van der Waals surface area contributed by atoms with E-state index in [0.29, 0.717) is 13.0 Å². The van der Waals surface area contributed by atoms with Crippen molar-refractivity contribution in [1.82, 2.24) is 25.2 Å². The van der Waals surface area contributed by atoms with Crippen LogP contribution in [0, 0.1) is 5.41 Å². The lowest BCUT2D eigenvalue weighted by Crippen LogP contribution is -2.42. The number of rotatable bonds is 8. The normalized spacial score (nSPS) is 13.0. The third-order valence-electron chi connectivity index (χ3n) is 4.05. The zero-order valence-corrected chi connectivity index (χ0v) is 14.6. The lowest BCUT2D eigenvalue weighted by Gasteiger charge is -2.25. The number of fused-ring (bicyclic) bond motifs is 1. The Morgan fingerprint density at radius 1 is 1.38 bits per heavy atom. The van der Waals surface area contributed by atoms with Gasteiger partial charge in [-0.15, -0.1) is 10.2 Å². The van der Waals surface area contributed by atoms with Crippen LogP contribution in [0.2, 0.25) is 0 Å². The Hall–Kier alpha value is -2.15. The van der Waals surface area contributed by atoms with Gasteiger partial charge in [-0.1, -0.05) is 33.3 Å². The third kappa shape index (κ3) is 4.67. The van der Waals surface area contributed by atoms with Gasteiger partial charge in [0.05, 0.1) is 6.04 Å². The predicted octanol–water partition coefficient (Wildman–Crippen LogP) is 2.28. The molecule has 132 valence electrons. The molecule has 3 N–H and O–H groups in total. The van der Waals surface area contributed by atoms with E-state index in [9.17, 15) is 4.79 Å². The summed E-state index contributed by atoms with van der Waals surface area (Å²) in [5, 5.41) is 23.3. The quantitative estimate of drug-likeness (QED) is 0.691. The Labute approximate surface area is 142 Å². The average molecular weight is 333 g/mol. The number of amides is 2. The topological polar surface area (TPSA) is 91.5 Å². The highest BCUT2D eigenvalue weighted by Crippen LogP contribution is 2.19. The summed E-state index contributed by atoms with van der Waals surface area (Å²) in [5.41, 5.74) is 0.619. The molecule has 2 heterocycles. The molecule has 0 fully saturated rings. The first-order valence-corrected chi connectivity index (χ1v) is 8.42. The van der Waals surface area contributed by atoms with Crippen molar-refractivity contribution in [3.05, 3.63) is 30.2 Å². The van der Waals surface area contributed by atoms with E-state index in [1.54, 1.807) is 0 Å². The second kappa shape index (κ2) is 8.10. The predicted molar refractivity (Wildman–Crippen MR) is 92.7 cm³/mol. The maximum Gasteiger partial charge on any atom is 0.315 e. The Balaban J connectivity index is 2.04. The summed E-state index contributed by atoms with van der Waals surface area (Å²) in [7, 11) is 0. The maximum atomic E-state index is 12.3. The Bertz CT molecular complexity index is 668. The highest BCUT2D eigenvalue weighted by Gasteiger charge is 2.22. The smallest absolute Gasteiger partial charge is 0.315 e. The lowest BCUT2D eigenvalue weighted by atomic mass is 9.90. The minimum absolute atomic E-state index is 0.112. The molecule has 0 radical (unpaired) electrons. The van der Waals surface area contributed by atoms with Gasteiger partial charge in [-0.05, 0) is 30.4 Å². The number of aromatic nitrogens is 3. The molecule has 1 unspecified atom stereocenters. The maximum absolute atomic E-state index is 12.3. The zero-order valence-electron chi connectivity index (χ0n) is 14.6. The van der Waals surface area contributed by atoms with Crippen molar-refractivity contribution in [1.29, 1.82) is 0 Å². The first-order valence-electron chi connectivity index (χ1n) is 8.42. The van der Waals surface area contributed by atoms with E-state index < -0.39 is 0 Å². The number of pyridine rings is 1. The summed E-state index contributed by atoms with van der Waals surface area (Å²) in [6.07, 6.45) is 4.24. The number of urea groups is 1. The van der Waals surface area contributed by atoms with Crippen molar-refractivity contribution in [2.45, 2.75) is 46.1 Å². The minimum atomic E-state index is -0.229. The summed E-state index contributed by atoms with van der Waals surface area (Å²) in [4.78, 5) is 12.3. The number of aliphatic hydroxyl groups excluding tert-OH is 1. The van der Waals surface area contributed by atoms with Crippen LogP contribution in [0.15, 0.2) is 24.4 Å². The van der Waals surface area contributed by atoms with Gasteiger partial charge < -0.3 is 15.7 Å².